The minimum Gasteiger partial charge on any atom is -0.371 e. The molecule has 0 aliphatic carbocycles. The van der Waals surface area contributed by atoms with Crippen molar-refractivity contribution in [3.8, 4) is 11.3 Å². The van der Waals surface area contributed by atoms with Crippen molar-refractivity contribution in [1.29, 1.82) is 0 Å². The minimum absolute atomic E-state index is 0.0174. The molecule has 14 nitrogen and oxygen atoms in total. The number of piperidine rings is 1. The van der Waals surface area contributed by atoms with Gasteiger partial charge in [0.2, 0.25) is 17.8 Å². The van der Waals surface area contributed by atoms with E-state index in [1.807, 2.05) is 55.8 Å². The molecule has 3 aromatic heterocycles. The fourth-order valence-electron chi connectivity index (χ4n) is 7.94. The SMILES string of the molecule is Cc1nc2c(F)cc(-c3nc(Nc4ccc(CN5CCN(CC6CN(c7ccc(C(=O)NC8CCC(=O)NC8=O)cc7)C6)CC5)cn4)ncc3F)cc2n1C(C)C. The van der Waals surface area contributed by atoms with Gasteiger partial charge in [0.15, 0.2) is 11.6 Å². The Kier molecular flexibility index (Phi) is 10.6. The van der Waals surface area contributed by atoms with Crippen molar-refractivity contribution in [3.05, 3.63) is 89.5 Å². The lowest BCUT2D eigenvalue weighted by Crippen LogP contribution is -2.54. The number of nitrogens with one attached hydrogen (secondary N) is 3. The first-order chi connectivity index (χ1) is 27.5. The predicted molar refractivity (Wildman–Crippen MR) is 211 cm³/mol. The first kappa shape index (κ1) is 38.0. The first-order valence-electron chi connectivity index (χ1n) is 19.3. The Bertz CT molecular complexity index is 2300. The molecule has 0 radical (unpaired) electrons. The zero-order valence-corrected chi connectivity index (χ0v) is 32.1. The molecule has 6 heterocycles. The number of pyridine rings is 1. The van der Waals surface area contributed by atoms with Gasteiger partial charge in [-0.1, -0.05) is 6.07 Å². The predicted octanol–water partition coefficient (Wildman–Crippen LogP) is 4.59. The van der Waals surface area contributed by atoms with Crippen LogP contribution in [0.15, 0.2) is 60.9 Å². The third kappa shape index (κ3) is 8.32. The van der Waals surface area contributed by atoms with Crippen LogP contribution in [0.4, 0.5) is 26.2 Å². The van der Waals surface area contributed by atoms with Crippen LogP contribution in [0.1, 0.15) is 54.5 Å². The van der Waals surface area contributed by atoms with E-state index in [1.165, 1.54) is 6.07 Å². The Morgan fingerprint density at radius 3 is 2.39 bits per heavy atom. The van der Waals surface area contributed by atoms with Crippen LogP contribution in [-0.4, -0.2) is 104 Å². The van der Waals surface area contributed by atoms with Crippen LogP contribution in [0.25, 0.3) is 22.3 Å². The van der Waals surface area contributed by atoms with Crippen molar-refractivity contribution in [2.75, 3.05) is 56.0 Å². The van der Waals surface area contributed by atoms with Crippen LogP contribution in [0, 0.1) is 24.5 Å². The van der Waals surface area contributed by atoms with Crippen LogP contribution >= 0.6 is 0 Å². The summed E-state index contributed by atoms with van der Waals surface area (Å²) in [6.45, 7) is 13.4. The van der Waals surface area contributed by atoms with Crippen molar-refractivity contribution < 1.29 is 23.2 Å². The van der Waals surface area contributed by atoms with E-state index in [0.717, 1.165) is 69.8 Å². The molecule has 2 aromatic carbocycles. The zero-order chi connectivity index (χ0) is 39.8. The number of aromatic nitrogens is 5. The van der Waals surface area contributed by atoms with Gasteiger partial charge < -0.3 is 25.0 Å². The van der Waals surface area contributed by atoms with Gasteiger partial charge in [-0.05, 0) is 75.2 Å². The van der Waals surface area contributed by atoms with Gasteiger partial charge in [0.25, 0.3) is 5.91 Å². The topological polar surface area (TPSA) is 154 Å². The number of amides is 3. The highest BCUT2D eigenvalue weighted by Gasteiger charge is 2.31. The van der Waals surface area contributed by atoms with E-state index in [0.29, 0.717) is 40.6 Å². The van der Waals surface area contributed by atoms with Crippen molar-refractivity contribution in [2.24, 2.45) is 5.92 Å². The lowest BCUT2D eigenvalue weighted by Gasteiger charge is -2.44. The number of hydrogen-bond acceptors (Lipinski definition) is 11. The number of halogens is 2. The van der Waals surface area contributed by atoms with Gasteiger partial charge in [-0.25, -0.2) is 28.7 Å². The van der Waals surface area contributed by atoms with Gasteiger partial charge in [0.1, 0.15) is 28.9 Å². The van der Waals surface area contributed by atoms with Crippen molar-refractivity contribution >= 4 is 46.2 Å². The van der Waals surface area contributed by atoms with E-state index in [2.05, 4.69) is 50.6 Å². The number of carbonyl (C=O) groups is 3. The van der Waals surface area contributed by atoms with E-state index in [9.17, 15) is 14.4 Å². The van der Waals surface area contributed by atoms with E-state index in [-0.39, 0.29) is 41.4 Å². The van der Waals surface area contributed by atoms with Gasteiger partial charge in [0, 0.05) is 93.7 Å². The fourth-order valence-corrected chi connectivity index (χ4v) is 7.94. The Balaban J connectivity index is 0.785. The Morgan fingerprint density at radius 2 is 1.68 bits per heavy atom. The number of anilines is 3. The molecular formula is C41H45F2N11O3. The normalized spacial score (nSPS) is 18.2. The molecule has 296 valence electrons. The number of rotatable bonds is 11. The summed E-state index contributed by atoms with van der Waals surface area (Å²) < 4.78 is 32.0. The molecular weight excluding hydrogens is 733 g/mol. The van der Waals surface area contributed by atoms with Crippen LogP contribution in [0.2, 0.25) is 0 Å². The summed E-state index contributed by atoms with van der Waals surface area (Å²) in [5.74, 6) is -0.394. The number of aryl methyl sites for hydroxylation is 1. The minimum atomic E-state index is -0.698. The first-order valence-corrected chi connectivity index (χ1v) is 19.3. The molecule has 16 heteroatoms. The molecule has 3 saturated heterocycles. The molecule has 1 unspecified atom stereocenters. The highest BCUT2D eigenvalue weighted by molar-refractivity contribution is 6.03. The van der Waals surface area contributed by atoms with Crippen molar-refractivity contribution in [1.82, 2.24) is 44.9 Å². The largest absolute Gasteiger partial charge is 0.371 e. The van der Waals surface area contributed by atoms with Gasteiger partial charge in [-0.3, -0.25) is 24.6 Å². The molecule has 0 spiro atoms. The molecule has 57 heavy (non-hydrogen) atoms. The number of piperazine rings is 1. The van der Waals surface area contributed by atoms with Crippen LogP contribution in [-0.2, 0) is 16.1 Å². The standard InChI is InChI=1S/C41H45F2N11O3/c1-24(2)54-25(3)46-38-31(42)16-29(17-34(38)54)37-32(43)19-45-41(50-37)48-35-10-4-26(18-44-35)20-51-12-14-52(15-13-51)21-27-22-53(23-27)30-7-5-28(6-8-30)39(56)47-33-9-11-36(55)49-40(33)57/h4-8,10,16-19,24,27,33H,9,11-15,20-23H2,1-3H3,(H,47,56)(H,49,55,57)(H,44,45,48,50). The van der Waals surface area contributed by atoms with Gasteiger partial charge >= 0.3 is 0 Å². The highest BCUT2D eigenvalue weighted by Crippen LogP contribution is 2.31. The maximum Gasteiger partial charge on any atom is 0.251 e. The van der Waals surface area contributed by atoms with E-state index < -0.39 is 23.6 Å². The maximum atomic E-state index is 15.1. The number of benzene rings is 2. The summed E-state index contributed by atoms with van der Waals surface area (Å²) >= 11 is 0. The zero-order valence-electron chi connectivity index (χ0n) is 32.1. The van der Waals surface area contributed by atoms with Gasteiger partial charge in [-0.2, -0.15) is 0 Å². The highest BCUT2D eigenvalue weighted by atomic mass is 19.1. The monoisotopic (exact) mass is 777 g/mol. The van der Waals surface area contributed by atoms with E-state index in [4.69, 9.17) is 0 Å². The molecule has 1 atom stereocenters. The average molecular weight is 778 g/mol. The molecule has 0 bridgehead atoms. The molecule has 3 N–H and O–H groups in total. The smallest absolute Gasteiger partial charge is 0.251 e. The fraction of sp³-hybridized carbons (Fsp3) is 0.390. The summed E-state index contributed by atoms with van der Waals surface area (Å²) in [5.41, 5.74) is 3.72. The van der Waals surface area contributed by atoms with E-state index in [1.54, 1.807) is 18.2 Å². The summed E-state index contributed by atoms with van der Waals surface area (Å²) in [6.07, 6.45) is 3.41. The third-order valence-electron chi connectivity index (χ3n) is 10.9. The Labute approximate surface area is 328 Å². The second-order valence-corrected chi connectivity index (χ2v) is 15.4. The molecule has 0 saturated carbocycles. The Hall–Kier alpha value is -5.87. The van der Waals surface area contributed by atoms with E-state index >= 15 is 8.78 Å². The molecule has 3 aliphatic heterocycles. The maximum absolute atomic E-state index is 15.1. The molecule has 8 rings (SSSR count). The summed E-state index contributed by atoms with van der Waals surface area (Å²) in [5, 5.41) is 8.04. The molecule has 3 fully saturated rings. The molecule has 3 aliphatic rings. The van der Waals surface area contributed by atoms with Crippen molar-refractivity contribution in [2.45, 2.75) is 52.2 Å². The lowest BCUT2D eigenvalue weighted by atomic mass is 9.97. The quantitative estimate of drug-likeness (QED) is 0.162. The number of carbonyl (C=O) groups excluding carboxylic acids is 3. The van der Waals surface area contributed by atoms with Gasteiger partial charge in [-0.15, -0.1) is 0 Å². The molecule has 5 aromatic rings. The average Bonchev–Trinajstić information content (AvgIpc) is 3.53. The number of fused-ring (bicyclic) bond motifs is 1. The van der Waals surface area contributed by atoms with Gasteiger partial charge in [0.05, 0.1) is 11.7 Å². The summed E-state index contributed by atoms with van der Waals surface area (Å²) in [7, 11) is 0. The van der Waals surface area contributed by atoms with Crippen LogP contribution in [0.5, 0.6) is 0 Å². The molecule has 3 amide bonds. The summed E-state index contributed by atoms with van der Waals surface area (Å²) in [6, 6.07) is 13.6. The summed E-state index contributed by atoms with van der Waals surface area (Å²) in [4.78, 5) is 60.7. The van der Waals surface area contributed by atoms with Crippen LogP contribution in [0.3, 0.4) is 0 Å². The number of imide groups is 1. The second kappa shape index (κ2) is 15.9. The third-order valence-corrected chi connectivity index (χ3v) is 10.9. The number of nitrogens with zero attached hydrogens (tertiary/aromatic N) is 8. The second-order valence-electron chi connectivity index (χ2n) is 15.4. The number of imidazole rings is 1. The lowest BCUT2D eigenvalue weighted by molar-refractivity contribution is -0.134. The number of hydrogen-bond donors (Lipinski definition) is 3. The Morgan fingerprint density at radius 1 is 0.930 bits per heavy atom. The van der Waals surface area contributed by atoms with Crippen LogP contribution < -0.4 is 20.9 Å². The van der Waals surface area contributed by atoms with Crippen molar-refractivity contribution in [3.63, 3.8) is 0 Å².